The number of amides is 1. The summed E-state index contributed by atoms with van der Waals surface area (Å²) >= 11 is 0. The van der Waals surface area contributed by atoms with E-state index in [4.69, 9.17) is 0 Å². The molecule has 30 heavy (non-hydrogen) atoms. The van der Waals surface area contributed by atoms with Crippen LogP contribution < -0.4 is 10.2 Å². The van der Waals surface area contributed by atoms with Crippen molar-refractivity contribution in [3.63, 3.8) is 0 Å². The first-order valence-corrected chi connectivity index (χ1v) is 9.86. The summed E-state index contributed by atoms with van der Waals surface area (Å²) in [6.07, 6.45) is 0.894. The molecule has 2 aromatic carbocycles. The van der Waals surface area contributed by atoms with Crippen molar-refractivity contribution in [2.45, 2.75) is 13.0 Å². The van der Waals surface area contributed by atoms with Crippen LogP contribution in [0.1, 0.15) is 11.1 Å². The van der Waals surface area contributed by atoms with Crippen LogP contribution >= 0.6 is 24.0 Å². The molecule has 1 amide bonds. The van der Waals surface area contributed by atoms with Gasteiger partial charge in [-0.1, -0.05) is 42.5 Å². The van der Waals surface area contributed by atoms with Crippen molar-refractivity contribution in [2.24, 2.45) is 4.99 Å². The number of anilines is 1. The van der Waals surface area contributed by atoms with E-state index in [0.717, 1.165) is 24.6 Å². The summed E-state index contributed by atoms with van der Waals surface area (Å²) in [4.78, 5) is 22.3. The van der Waals surface area contributed by atoms with E-state index < -0.39 is 0 Å². The maximum Gasteiger partial charge on any atom is 0.243 e. The Balaban J connectivity index is 0.00000450. The quantitative estimate of drug-likeness (QED) is 0.329. The fraction of sp³-hybridized carbons (Fsp3) is 0.391. The zero-order valence-electron chi connectivity index (χ0n) is 18.6. The third-order valence-corrected chi connectivity index (χ3v) is 4.61. The number of hydrogen-bond donors (Lipinski definition) is 1. The molecule has 0 aromatic heterocycles. The maximum atomic E-state index is 12.0. The third kappa shape index (κ3) is 8.61. The molecule has 0 bridgehead atoms. The molecule has 1 N–H and O–H groups in total. The van der Waals surface area contributed by atoms with Gasteiger partial charge in [0.15, 0.2) is 5.96 Å². The van der Waals surface area contributed by atoms with Crippen molar-refractivity contribution in [3.05, 3.63) is 65.7 Å². The largest absolute Gasteiger partial charge is 0.378 e. The highest BCUT2D eigenvalue weighted by Crippen LogP contribution is 2.14. The number of nitrogens with one attached hydrogen (secondary N) is 1. The van der Waals surface area contributed by atoms with Crippen LogP contribution in [-0.2, 0) is 17.8 Å². The molecule has 0 aliphatic heterocycles. The lowest BCUT2D eigenvalue weighted by molar-refractivity contribution is -0.127. The Hall–Kier alpha value is -2.29. The molecule has 0 saturated heterocycles. The molecule has 0 fully saturated rings. The number of aliphatic imine (C=N–C) groups is 1. The van der Waals surface area contributed by atoms with Gasteiger partial charge in [-0.3, -0.25) is 4.79 Å². The lowest BCUT2D eigenvalue weighted by Gasteiger charge is -2.24. The highest BCUT2D eigenvalue weighted by atomic mass is 127. The van der Waals surface area contributed by atoms with Crippen molar-refractivity contribution < 1.29 is 4.79 Å². The van der Waals surface area contributed by atoms with Gasteiger partial charge in [-0.2, -0.15) is 0 Å². The number of carbonyl (C=O) groups excluding carboxylic acids is 1. The maximum absolute atomic E-state index is 12.0. The summed E-state index contributed by atoms with van der Waals surface area (Å²) in [5.74, 6) is 0.710. The number of likely N-dealkylation sites (N-methyl/N-ethyl adjacent to an activating group) is 1. The van der Waals surface area contributed by atoms with Gasteiger partial charge in [-0.15, -0.1) is 24.0 Å². The molecule has 0 aliphatic carbocycles. The van der Waals surface area contributed by atoms with E-state index in [-0.39, 0.29) is 36.4 Å². The summed E-state index contributed by atoms with van der Waals surface area (Å²) < 4.78 is 0. The summed E-state index contributed by atoms with van der Waals surface area (Å²) in [5, 5.41) is 3.41. The topological polar surface area (TPSA) is 51.2 Å². The van der Waals surface area contributed by atoms with Crippen LogP contribution in [0.15, 0.2) is 59.6 Å². The Morgan fingerprint density at radius 2 is 1.60 bits per heavy atom. The minimum Gasteiger partial charge on any atom is -0.378 e. The van der Waals surface area contributed by atoms with Crippen molar-refractivity contribution in [2.75, 3.05) is 53.2 Å². The second-order valence-corrected chi connectivity index (χ2v) is 7.51. The van der Waals surface area contributed by atoms with Crippen LogP contribution in [0, 0.1) is 0 Å². The van der Waals surface area contributed by atoms with Crippen LogP contribution in [0.4, 0.5) is 5.69 Å². The van der Waals surface area contributed by atoms with Crippen molar-refractivity contribution in [1.29, 1.82) is 0 Å². The molecule has 2 rings (SSSR count). The van der Waals surface area contributed by atoms with Crippen LogP contribution in [0.3, 0.4) is 0 Å². The van der Waals surface area contributed by atoms with E-state index in [1.807, 2.05) is 39.3 Å². The first kappa shape index (κ1) is 25.7. The molecule has 0 heterocycles. The second kappa shape index (κ2) is 13.1. The normalized spacial score (nSPS) is 10.8. The molecular weight excluding hydrogens is 489 g/mol. The molecule has 164 valence electrons. The monoisotopic (exact) mass is 523 g/mol. The van der Waals surface area contributed by atoms with E-state index in [9.17, 15) is 4.79 Å². The summed E-state index contributed by atoms with van der Waals surface area (Å²) in [5.41, 5.74) is 3.62. The smallest absolute Gasteiger partial charge is 0.243 e. The SMILES string of the molecule is CN(C)C(=O)CN=C(NCCc1ccccc1)N(C)Cc1cccc(N(C)C)c1.I. The second-order valence-electron chi connectivity index (χ2n) is 7.51. The first-order chi connectivity index (χ1) is 13.9. The van der Waals surface area contributed by atoms with E-state index in [1.165, 1.54) is 11.1 Å². The first-order valence-electron chi connectivity index (χ1n) is 9.86. The Morgan fingerprint density at radius 1 is 0.933 bits per heavy atom. The molecule has 0 radical (unpaired) electrons. The molecule has 2 aromatic rings. The van der Waals surface area contributed by atoms with Crippen LogP contribution in [0.5, 0.6) is 0 Å². The summed E-state index contributed by atoms with van der Waals surface area (Å²) in [6, 6.07) is 18.8. The van der Waals surface area contributed by atoms with Gasteiger partial charge in [0.2, 0.25) is 5.91 Å². The average molecular weight is 523 g/mol. The summed E-state index contributed by atoms with van der Waals surface area (Å²) in [6.45, 7) is 1.58. The Labute approximate surface area is 198 Å². The fourth-order valence-electron chi connectivity index (χ4n) is 2.84. The minimum absolute atomic E-state index is 0. The van der Waals surface area contributed by atoms with E-state index in [0.29, 0.717) is 6.54 Å². The third-order valence-electron chi connectivity index (χ3n) is 4.61. The number of carbonyl (C=O) groups is 1. The zero-order valence-corrected chi connectivity index (χ0v) is 21.0. The van der Waals surface area contributed by atoms with E-state index in [1.54, 1.807) is 19.0 Å². The minimum atomic E-state index is -0.0182. The Bertz CT molecular complexity index is 808. The molecule has 0 unspecified atom stereocenters. The molecular formula is C23H34IN5O. The molecule has 7 heteroatoms. The lowest BCUT2D eigenvalue weighted by atomic mass is 10.1. The van der Waals surface area contributed by atoms with Crippen molar-refractivity contribution in [1.82, 2.24) is 15.1 Å². The fourth-order valence-corrected chi connectivity index (χ4v) is 2.84. The molecule has 0 atom stereocenters. The highest BCUT2D eigenvalue weighted by Gasteiger charge is 2.10. The van der Waals surface area contributed by atoms with Crippen LogP contribution in [-0.4, -0.2) is 70.0 Å². The lowest BCUT2D eigenvalue weighted by Crippen LogP contribution is -2.40. The van der Waals surface area contributed by atoms with Crippen molar-refractivity contribution in [3.8, 4) is 0 Å². The summed E-state index contributed by atoms with van der Waals surface area (Å²) in [7, 11) is 9.56. The number of halogens is 1. The molecule has 6 nitrogen and oxygen atoms in total. The van der Waals surface area contributed by atoms with Crippen LogP contribution in [0.25, 0.3) is 0 Å². The van der Waals surface area contributed by atoms with Crippen LogP contribution in [0.2, 0.25) is 0 Å². The van der Waals surface area contributed by atoms with E-state index in [2.05, 4.69) is 56.5 Å². The highest BCUT2D eigenvalue weighted by molar-refractivity contribution is 14.0. The van der Waals surface area contributed by atoms with E-state index >= 15 is 0 Å². The Kier molecular flexibility index (Phi) is 11.2. The van der Waals surface area contributed by atoms with Gasteiger partial charge in [0.05, 0.1) is 0 Å². The zero-order chi connectivity index (χ0) is 21.2. The predicted octanol–water partition coefficient (Wildman–Crippen LogP) is 3.08. The number of benzene rings is 2. The van der Waals surface area contributed by atoms with Gasteiger partial charge in [0.1, 0.15) is 6.54 Å². The molecule has 0 aliphatic rings. The van der Waals surface area contributed by atoms with Gasteiger partial charge in [0.25, 0.3) is 0 Å². The number of nitrogens with zero attached hydrogens (tertiary/aromatic N) is 4. The van der Waals surface area contributed by atoms with Gasteiger partial charge in [-0.25, -0.2) is 4.99 Å². The van der Waals surface area contributed by atoms with Gasteiger partial charge < -0.3 is 20.0 Å². The average Bonchev–Trinajstić information content (AvgIpc) is 2.71. The number of hydrogen-bond acceptors (Lipinski definition) is 3. The number of guanidine groups is 1. The van der Waals surface area contributed by atoms with Gasteiger partial charge in [0, 0.05) is 54.0 Å². The standard InChI is InChI=1S/C23H33N5O.HI/c1-26(2)21-13-9-12-20(16-21)18-28(5)23(25-17-22(29)27(3)4)24-15-14-19-10-7-6-8-11-19;/h6-13,16H,14-15,17-18H2,1-5H3,(H,24,25);1H. The van der Waals surface area contributed by atoms with Crippen molar-refractivity contribution >= 4 is 41.5 Å². The number of rotatable bonds is 8. The van der Waals surface area contributed by atoms with Gasteiger partial charge >= 0.3 is 0 Å². The van der Waals surface area contributed by atoms with Gasteiger partial charge in [-0.05, 0) is 29.7 Å². The molecule has 0 spiro atoms. The Morgan fingerprint density at radius 3 is 2.23 bits per heavy atom. The molecule has 0 saturated carbocycles. The predicted molar refractivity (Wildman–Crippen MR) is 137 cm³/mol.